The van der Waals surface area contributed by atoms with Crippen LogP contribution in [0.15, 0.2) is 0 Å². The van der Waals surface area contributed by atoms with Crippen molar-refractivity contribution in [3.63, 3.8) is 0 Å². The Kier molecular flexibility index (Phi) is 2.96. The van der Waals surface area contributed by atoms with Gasteiger partial charge in [0.05, 0.1) is 5.60 Å². The third-order valence-corrected chi connectivity index (χ3v) is 2.85. The van der Waals surface area contributed by atoms with Crippen LogP contribution < -0.4 is 0 Å². The summed E-state index contributed by atoms with van der Waals surface area (Å²) in [5.74, 6) is 0.339. The van der Waals surface area contributed by atoms with Gasteiger partial charge in [-0.05, 0) is 32.6 Å². The molecule has 1 rings (SSSR count). The molecule has 0 aromatic rings. The first-order valence-corrected chi connectivity index (χ1v) is 4.86. The number of nitrogens with zero attached hydrogens (tertiary/aromatic N) is 1. The second kappa shape index (κ2) is 3.66. The lowest BCUT2D eigenvalue weighted by Crippen LogP contribution is -2.37. The van der Waals surface area contributed by atoms with Gasteiger partial charge < -0.3 is 10.0 Å². The highest BCUT2D eigenvalue weighted by atomic mass is 16.3. The minimum absolute atomic E-state index is 0.134. The van der Waals surface area contributed by atoms with Gasteiger partial charge in [0, 0.05) is 20.0 Å². The SMILES string of the molecule is CN(C)C(=O)C1CCC(C)(O)CC1. The standard InChI is InChI=1S/C10H19NO2/c1-10(13)6-4-8(5-7-10)9(12)11(2)3/h8,13H,4-7H2,1-3H3. The van der Waals surface area contributed by atoms with Gasteiger partial charge in [-0.1, -0.05) is 0 Å². The molecule has 0 radical (unpaired) electrons. The molecule has 3 nitrogen and oxygen atoms in total. The van der Waals surface area contributed by atoms with Crippen molar-refractivity contribution in [3.05, 3.63) is 0 Å². The molecule has 1 amide bonds. The Morgan fingerprint density at radius 2 is 1.85 bits per heavy atom. The Balaban J connectivity index is 2.46. The lowest BCUT2D eigenvalue weighted by molar-refractivity contribution is -0.135. The molecule has 1 fully saturated rings. The Morgan fingerprint density at radius 1 is 1.38 bits per heavy atom. The molecule has 76 valence electrons. The summed E-state index contributed by atoms with van der Waals surface area (Å²) < 4.78 is 0. The minimum atomic E-state index is -0.539. The van der Waals surface area contributed by atoms with Crippen molar-refractivity contribution in [2.45, 2.75) is 38.2 Å². The normalized spacial score (nSPS) is 34.3. The van der Waals surface area contributed by atoms with Gasteiger partial charge in [-0.15, -0.1) is 0 Å². The largest absolute Gasteiger partial charge is 0.390 e. The zero-order chi connectivity index (χ0) is 10.1. The van der Waals surface area contributed by atoms with Gasteiger partial charge in [0.1, 0.15) is 0 Å². The van der Waals surface area contributed by atoms with Gasteiger partial charge in [-0.3, -0.25) is 4.79 Å². The van der Waals surface area contributed by atoms with Crippen molar-refractivity contribution in [2.24, 2.45) is 5.92 Å². The van der Waals surface area contributed by atoms with Crippen molar-refractivity contribution < 1.29 is 9.90 Å². The molecule has 1 aliphatic rings. The molecule has 0 aromatic heterocycles. The van der Waals surface area contributed by atoms with E-state index in [1.165, 1.54) is 0 Å². The summed E-state index contributed by atoms with van der Waals surface area (Å²) in [4.78, 5) is 13.2. The Bertz CT molecular complexity index is 189. The average molecular weight is 185 g/mol. The van der Waals surface area contributed by atoms with E-state index in [0.29, 0.717) is 0 Å². The maximum atomic E-state index is 11.6. The van der Waals surface area contributed by atoms with Gasteiger partial charge in [0.15, 0.2) is 0 Å². The highest BCUT2D eigenvalue weighted by Crippen LogP contribution is 2.32. The van der Waals surface area contributed by atoms with Crippen LogP contribution in [0.5, 0.6) is 0 Å². The van der Waals surface area contributed by atoms with E-state index in [2.05, 4.69) is 0 Å². The zero-order valence-electron chi connectivity index (χ0n) is 8.71. The first-order valence-electron chi connectivity index (χ1n) is 4.86. The maximum Gasteiger partial charge on any atom is 0.225 e. The van der Waals surface area contributed by atoms with Crippen LogP contribution in [0, 0.1) is 5.92 Å². The summed E-state index contributed by atoms with van der Waals surface area (Å²) in [7, 11) is 3.57. The van der Waals surface area contributed by atoms with Crippen molar-refractivity contribution >= 4 is 5.91 Å². The van der Waals surface area contributed by atoms with Crippen molar-refractivity contribution in [3.8, 4) is 0 Å². The van der Waals surface area contributed by atoms with E-state index in [0.717, 1.165) is 25.7 Å². The summed E-state index contributed by atoms with van der Waals surface area (Å²) in [5.41, 5.74) is -0.539. The summed E-state index contributed by atoms with van der Waals surface area (Å²) in [6.07, 6.45) is 3.14. The molecule has 0 heterocycles. The van der Waals surface area contributed by atoms with Gasteiger partial charge in [0.25, 0.3) is 0 Å². The molecule has 0 unspecified atom stereocenters. The van der Waals surface area contributed by atoms with Crippen LogP contribution in [0.1, 0.15) is 32.6 Å². The molecule has 0 spiro atoms. The molecule has 3 heteroatoms. The van der Waals surface area contributed by atoms with Gasteiger partial charge in [0.2, 0.25) is 5.91 Å². The first kappa shape index (κ1) is 10.5. The third kappa shape index (κ3) is 2.69. The number of aliphatic hydroxyl groups is 1. The molecule has 0 aliphatic heterocycles. The molecule has 0 bridgehead atoms. The quantitative estimate of drug-likeness (QED) is 0.662. The molecular weight excluding hydrogens is 166 g/mol. The molecule has 1 aliphatic carbocycles. The van der Waals surface area contributed by atoms with Crippen molar-refractivity contribution in [1.82, 2.24) is 4.90 Å². The van der Waals surface area contributed by atoms with Gasteiger partial charge >= 0.3 is 0 Å². The highest BCUT2D eigenvalue weighted by Gasteiger charge is 2.32. The number of carbonyl (C=O) groups is 1. The molecular formula is C10H19NO2. The lowest BCUT2D eigenvalue weighted by Gasteiger charge is -2.33. The summed E-state index contributed by atoms with van der Waals surface area (Å²) in [6.45, 7) is 1.85. The maximum absolute atomic E-state index is 11.6. The van der Waals surface area contributed by atoms with Crippen LogP contribution >= 0.6 is 0 Å². The van der Waals surface area contributed by atoms with E-state index >= 15 is 0 Å². The zero-order valence-corrected chi connectivity index (χ0v) is 8.71. The van der Waals surface area contributed by atoms with Gasteiger partial charge in [-0.25, -0.2) is 0 Å². The number of rotatable bonds is 1. The van der Waals surface area contributed by atoms with Gasteiger partial charge in [-0.2, -0.15) is 0 Å². The fraction of sp³-hybridized carbons (Fsp3) is 0.900. The number of hydrogen-bond donors (Lipinski definition) is 1. The first-order chi connectivity index (χ1) is 5.92. The molecule has 1 N–H and O–H groups in total. The third-order valence-electron chi connectivity index (χ3n) is 2.85. The predicted octanol–water partition coefficient (Wildman–Crippen LogP) is 1.02. The van der Waals surface area contributed by atoms with Crippen LogP contribution in [0.2, 0.25) is 0 Å². The summed E-state index contributed by atoms with van der Waals surface area (Å²) in [6, 6.07) is 0. The second-order valence-corrected chi connectivity index (χ2v) is 4.50. The lowest BCUT2D eigenvalue weighted by atomic mass is 9.79. The Morgan fingerprint density at radius 3 is 2.23 bits per heavy atom. The summed E-state index contributed by atoms with van der Waals surface area (Å²) in [5, 5.41) is 9.69. The van der Waals surface area contributed by atoms with Crippen LogP contribution in [-0.2, 0) is 4.79 Å². The van der Waals surface area contributed by atoms with Crippen LogP contribution in [0.3, 0.4) is 0 Å². The van der Waals surface area contributed by atoms with Crippen LogP contribution in [0.25, 0.3) is 0 Å². The van der Waals surface area contributed by atoms with E-state index in [-0.39, 0.29) is 11.8 Å². The number of hydrogen-bond acceptors (Lipinski definition) is 2. The van der Waals surface area contributed by atoms with E-state index in [4.69, 9.17) is 0 Å². The van der Waals surface area contributed by atoms with Crippen molar-refractivity contribution in [1.29, 1.82) is 0 Å². The predicted molar refractivity (Wildman–Crippen MR) is 51.3 cm³/mol. The topological polar surface area (TPSA) is 40.5 Å². The molecule has 0 aromatic carbocycles. The Labute approximate surface area is 79.7 Å². The van der Waals surface area contributed by atoms with Crippen LogP contribution in [-0.4, -0.2) is 35.6 Å². The molecule has 13 heavy (non-hydrogen) atoms. The molecule has 1 saturated carbocycles. The smallest absolute Gasteiger partial charge is 0.225 e. The van der Waals surface area contributed by atoms with E-state index in [9.17, 15) is 9.90 Å². The molecule has 0 atom stereocenters. The number of amides is 1. The van der Waals surface area contributed by atoms with E-state index < -0.39 is 5.60 Å². The second-order valence-electron chi connectivity index (χ2n) is 4.50. The molecule has 0 saturated heterocycles. The van der Waals surface area contributed by atoms with Crippen molar-refractivity contribution in [2.75, 3.05) is 14.1 Å². The minimum Gasteiger partial charge on any atom is -0.390 e. The fourth-order valence-corrected chi connectivity index (χ4v) is 1.85. The summed E-state index contributed by atoms with van der Waals surface area (Å²) >= 11 is 0. The van der Waals surface area contributed by atoms with E-state index in [1.54, 1.807) is 19.0 Å². The fourth-order valence-electron chi connectivity index (χ4n) is 1.85. The average Bonchev–Trinajstić information content (AvgIpc) is 2.03. The Hall–Kier alpha value is -0.570. The highest BCUT2D eigenvalue weighted by molar-refractivity contribution is 5.78. The number of carbonyl (C=O) groups excluding carboxylic acids is 1. The van der Waals surface area contributed by atoms with Crippen LogP contribution in [0.4, 0.5) is 0 Å². The van der Waals surface area contributed by atoms with E-state index in [1.807, 2.05) is 6.92 Å². The monoisotopic (exact) mass is 185 g/mol.